The van der Waals surface area contributed by atoms with Crippen LogP contribution in [0, 0.1) is 38.5 Å². The van der Waals surface area contributed by atoms with Gasteiger partial charge < -0.3 is 117 Å². The molecule has 31 heteroatoms. The second-order valence-electron chi connectivity index (χ2n) is 32.6. The molecule has 31 nitrogen and oxygen atoms in total. The van der Waals surface area contributed by atoms with E-state index >= 15 is 0 Å². The highest BCUT2D eigenvalue weighted by Gasteiger charge is 2.46. The van der Waals surface area contributed by atoms with Gasteiger partial charge >= 0.3 is 11.9 Å². The number of carboxylic acids is 1. The Morgan fingerprint density at radius 2 is 0.962 bits per heavy atom. The number of aliphatic hydroxyl groups is 8. The van der Waals surface area contributed by atoms with Crippen molar-refractivity contribution < 1.29 is 151 Å². The predicted molar refractivity (Wildman–Crippen MR) is 493 cm³/mol. The van der Waals surface area contributed by atoms with Gasteiger partial charge in [-0.15, -0.1) is 0 Å². The van der Waals surface area contributed by atoms with Crippen LogP contribution in [0.15, 0.2) is 241 Å². The number of likely N-dealkylation sites (N-methyl/N-ethyl adjacent to an activating group) is 1. The molecule has 0 amide bonds. The number of aliphatic hydroxyl groups excluding tert-OH is 7. The van der Waals surface area contributed by atoms with Gasteiger partial charge in [0.2, 0.25) is 0 Å². The van der Waals surface area contributed by atoms with Gasteiger partial charge in [-0.3, -0.25) is 24.4 Å². The normalized spacial score (nSPS) is 19.5. The van der Waals surface area contributed by atoms with Crippen molar-refractivity contribution in [1.82, 2.24) is 5.32 Å². The monoisotopic (exact) mass is 1830 g/mol. The van der Waals surface area contributed by atoms with Crippen LogP contribution in [0.1, 0.15) is 138 Å². The van der Waals surface area contributed by atoms with Crippen LogP contribution < -0.4 is 5.32 Å². The summed E-state index contributed by atoms with van der Waals surface area (Å²) in [7, 11) is 1.73. The molecule has 0 spiro atoms. The highest BCUT2D eigenvalue weighted by Crippen LogP contribution is 2.39. The van der Waals surface area contributed by atoms with Crippen LogP contribution in [-0.4, -0.2) is 203 Å². The summed E-state index contributed by atoms with van der Waals surface area (Å²) in [6.45, 7) is 14.9. The topological polar surface area (TPSA) is 578 Å². The van der Waals surface area contributed by atoms with Crippen LogP contribution in [0.4, 0.5) is 0 Å². The highest BCUT2D eigenvalue weighted by molar-refractivity contribution is 6.23. The molecule has 0 saturated heterocycles. The fraction of sp³-hybridized carbons (Fsp3) is 0.275. The Hall–Kier alpha value is -14.1. The number of aryl methyl sites for hydroxylation is 3. The van der Waals surface area contributed by atoms with Gasteiger partial charge in [-0.1, -0.05) is 136 Å². The van der Waals surface area contributed by atoms with Crippen molar-refractivity contribution in [3.63, 3.8) is 0 Å². The molecule has 4 unspecified atom stereocenters. The number of aliphatic carboxylic acids is 1. The van der Waals surface area contributed by atoms with Gasteiger partial charge in [0.15, 0.2) is 69.1 Å². The fourth-order valence-corrected chi connectivity index (χ4v) is 14.0. The number of ketones is 4. The van der Waals surface area contributed by atoms with E-state index in [1.807, 2.05) is 56.3 Å². The van der Waals surface area contributed by atoms with E-state index in [0.29, 0.717) is 80.6 Å². The zero-order valence-corrected chi connectivity index (χ0v) is 74.3. The molecule has 2 fully saturated rings. The lowest BCUT2D eigenvalue weighted by Crippen LogP contribution is -2.55. The quantitative estimate of drug-likeness (QED) is 0.00841. The van der Waals surface area contributed by atoms with Crippen molar-refractivity contribution in [2.45, 2.75) is 149 Å². The van der Waals surface area contributed by atoms with E-state index in [-0.39, 0.29) is 94.0 Å². The molecule has 4 aliphatic rings. The molecule has 9 aromatic rings. The lowest BCUT2D eigenvalue weighted by Gasteiger charge is -2.39. The molecule has 9 aromatic carbocycles. The number of phenolic OH excluding ortho intramolecular Hbond substituents is 12. The number of benzene rings is 9. The van der Waals surface area contributed by atoms with Crippen LogP contribution in [-0.2, 0) is 57.8 Å². The number of allylic oxidation sites excluding steroid dienone is 9. The molecule has 133 heavy (non-hydrogen) atoms. The van der Waals surface area contributed by atoms with Crippen molar-refractivity contribution in [2.24, 2.45) is 17.8 Å². The maximum absolute atomic E-state index is 11.9. The summed E-state index contributed by atoms with van der Waals surface area (Å²) in [6, 6.07) is 48.3. The van der Waals surface area contributed by atoms with E-state index in [2.05, 4.69) is 55.2 Å². The molecule has 706 valence electrons. The number of carbonyl (C=O) groups excluding carboxylic acids is 5. The van der Waals surface area contributed by atoms with Crippen molar-refractivity contribution in [2.75, 3.05) is 13.6 Å². The largest absolute Gasteiger partial charge is 0.508 e. The van der Waals surface area contributed by atoms with E-state index in [4.69, 9.17) is 45.7 Å². The summed E-state index contributed by atoms with van der Waals surface area (Å²) in [5, 5.41) is 209. The second kappa shape index (κ2) is 49.3. The number of hydrogen-bond acceptors (Lipinski definition) is 30. The molecule has 2 saturated carbocycles. The van der Waals surface area contributed by atoms with Crippen LogP contribution >= 0.6 is 0 Å². The summed E-state index contributed by atoms with van der Waals surface area (Å²) in [4.78, 5) is 72.5. The number of hydrogen-bond donors (Lipinski definition) is 23. The van der Waals surface area contributed by atoms with Gasteiger partial charge in [0, 0.05) is 31.0 Å². The molecular formula is C102H113NO30. The van der Waals surface area contributed by atoms with E-state index in [9.17, 15) is 100 Å². The molecule has 0 radical (unpaired) electrons. The van der Waals surface area contributed by atoms with Crippen molar-refractivity contribution in [3.05, 3.63) is 314 Å². The van der Waals surface area contributed by atoms with Gasteiger partial charge in [0.05, 0.1) is 29.8 Å². The molecular weight excluding hydrogens is 1720 g/mol. The van der Waals surface area contributed by atoms with E-state index in [1.165, 1.54) is 110 Å². The van der Waals surface area contributed by atoms with Gasteiger partial charge in [0.1, 0.15) is 65.7 Å². The third-order valence-electron chi connectivity index (χ3n) is 22.0. The summed E-state index contributed by atoms with van der Waals surface area (Å²) in [6.07, 6.45) is 6.05. The van der Waals surface area contributed by atoms with Crippen molar-refractivity contribution in [3.8, 4) is 69.0 Å². The summed E-state index contributed by atoms with van der Waals surface area (Å²) >= 11 is 0. The third kappa shape index (κ3) is 30.8. The summed E-state index contributed by atoms with van der Waals surface area (Å²) < 4.78 is 5.08. The molecule has 23 N–H and O–H groups in total. The van der Waals surface area contributed by atoms with Crippen molar-refractivity contribution >= 4 is 52.3 Å². The first-order valence-electron chi connectivity index (χ1n) is 42.0. The fourth-order valence-electron chi connectivity index (χ4n) is 14.0. The van der Waals surface area contributed by atoms with Crippen molar-refractivity contribution in [1.29, 1.82) is 0 Å². The number of aromatic hydroxyl groups is 12. The molecule has 0 bridgehead atoms. The Morgan fingerprint density at radius 1 is 0.504 bits per heavy atom. The van der Waals surface area contributed by atoms with Gasteiger partial charge in [-0.05, 0) is 271 Å². The average molecular weight is 1830 g/mol. The number of phenols is 12. The predicted octanol–water partition coefficient (Wildman–Crippen LogP) is 11.8. The lowest BCUT2D eigenvalue weighted by atomic mass is 9.81. The standard InChI is InChI=1S/C22H18O7.C20H16O2.C19H24O3.C16H20O7.C9H13NO3.C9H12O3.C7H10O5/c1-12-8-13(2-5-18(12)23)21(14-3-6-19(24)16(9-14)11-29-28)15-4-7-20(25)17(10-15)22(26)27;1-14-2-4-15(5-3-14)20(16-6-10-18(21)11-7-16)17-8-12-19(22)13-9-17;1-12(8-15-4-6-17(20)14(3)10-15)13(2)9-16-5-7-18(21)19(22)11-16;1-16(22)7-12(19)15(21)13(8-16)23-14(20)5-3-9-2-4-10(17)11(18)6-9;1-10-5-9(13)6-2-3-7(11)8(12)4-6;1-2-7(10)6-3-4-8(11)9(12)5-6;1-2-3(8)5(10)7(12)6(11)4(2)9/h2-10,23-24,28H,11H2,1H3,(H,26,27);2-13,21H,1H3;4-7,10-13,20-22H,8-9H2,1-3H3;2-6,12-13,15,17-19,21-22H,7-8H2,1H3;2-4,9-13H,5H2,1H3;3-5,7,10-12H,2H2,1H3;2-3,6-8,11-12H,1H3/b21-15+;;;5-3+;;;/t;;12-,13+;12-,13-,15-,16+;9-;7-;/m..0100./s1. The van der Waals surface area contributed by atoms with E-state index < -0.39 is 89.6 Å². The first kappa shape index (κ1) is 106. The Morgan fingerprint density at radius 3 is 1.47 bits per heavy atom. The second-order valence-corrected chi connectivity index (χ2v) is 32.6. The maximum Gasteiger partial charge on any atom is 0.339 e. The Labute approximate surface area is 767 Å². The number of carbonyl (C=O) groups is 6. The minimum atomic E-state index is -1.77. The zero-order chi connectivity index (χ0) is 98.6. The molecule has 4 aliphatic carbocycles. The maximum atomic E-state index is 11.9. The van der Waals surface area contributed by atoms with Gasteiger partial charge in [0.25, 0.3) is 0 Å². The summed E-state index contributed by atoms with van der Waals surface area (Å²) in [5.74, 6) is -5.20. The zero-order valence-electron chi connectivity index (χ0n) is 74.3. The number of esters is 1. The molecule has 0 aromatic heterocycles. The Bertz CT molecular complexity index is 5640. The average Bonchev–Trinajstić information content (AvgIpc) is 0.771. The van der Waals surface area contributed by atoms with Gasteiger partial charge in [-0.2, -0.15) is 0 Å². The first-order valence-corrected chi connectivity index (χ1v) is 42.0. The first-order chi connectivity index (χ1) is 62.7. The number of nitrogens with one attached hydrogen (secondary N) is 1. The van der Waals surface area contributed by atoms with E-state index in [0.717, 1.165) is 52.3 Å². The molecule has 13 rings (SSSR count). The van der Waals surface area contributed by atoms with Crippen LogP contribution in [0.3, 0.4) is 0 Å². The van der Waals surface area contributed by atoms with Crippen LogP contribution in [0.5, 0.6) is 69.0 Å². The smallest absolute Gasteiger partial charge is 0.339 e. The minimum absolute atomic E-state index is 0.00212. The van der Waals surface area contributed by atoms with Crippen LogP contribution in [0.25, 0.3) is 17.2 Å². The number of carboxylic acid groups (broad SMARTS) is 1. The Balaban J connectivity index is 0.000000217. The Kier molecular flexibility index (Phi) is 39.3. The molecule has 0 aliphatic heterocycles. The SMILES string of the molecule is CC1C(=O)C(O)C(O)C(=O)C1O.CC[C@H](O)c1ccc(O)c(O)c1.CNC[C@H](O)c1ccc(O)c(O)c1.C[C@]1(O)C[C@@H](O)[C@@H](O)[C@H](OC(=O)/C=C/c2ccc(O)c(O)c2)C1.Cc1cc(/C(=C2/C=CC(=O)C(C(=O)O)=C2)c2ccc(O)c(COO)c2)ccc1O.Cc1cc(C[C@H](C)[C@H](C)Cc2ccc(O)c(O)c2)ccc1O.Cc1ccc(C(=C2C=CC(=O)C=C2)c2ccc(O)cc2)cc1. The lowest BCUT2D eigenvalue weighted by molar-refractivity contribution is -0.253. The molecule has 0 heterocycles. The minimum Gasteiger partial charge on any atom is -0.508 e. The number of rotatable bonds is 20. The summed E-state index contributed by atoms with van der Waals surface area (Å²) in [5.41, 5.74) is 11.7. The van der Waals surface area contributed by atoms with E-state index in [1.54, 1.807) is 86.8 Å². The highest BCUT2D eigenvalue weighted by atomic mass is 17.1. The number of Topliss-reactive ketones (excluding diaryl/α,β-unsaturated/α-hetero) is 2. The molecule has 12 atom stereocenters. The van der Waals surface area contributed by atoms with Gasteiger partial charge in [-0.25, -0.2) is 14.5 Å². The van der Waals surface area contributed by atoms with Crippen LogP contribution in [0.2, 0.25) is 0 Å². The number of ether oxygens (including phenoxy) is 1. The third-order valence-corrected chi connectivity index (χ3v) is 22.0.